The van der Waals surface area contributed by atoms with Crippen molar-refractivity contribution in [1.29, 1.82) is 0 Å². The molecule has 38 heavy (non-hydrogen) atoms. The second-order valence-corrected chi connectivity index (χ2v) is 10.2. The number of hydrogen-bond donors (Lipinski definition) is 1. The van der Waals surface area contributed by atoms with E-state index in [9.17, 15) is 9.90 Å². The summed E-state index contributed by atoms with van der Waals surface area (Å²) in [6, 6.07) is 0. The highest BCUT2D eigenvalue weighted by molar-refractivity contribution is 5.69. The first-order valence-corrected chi connectivity index (χ1v) is 15.7. The first-order valence-electron chi connectivity index (χ1n) is 15.7. The topological polar surface area (TPSA) is 55.8 Å². The second kappa shape index (κ2) is 31.6. The number of ether oxygens (including phenoxy) is 2. The molecule has 0 rings (SSSR count). The van der Waals surface area contributed by atoms with E-state index in [2.05, 4.69) is 62.5 Å². The van der Waals surface area contributed by atoms with Crippen molar-refractivity contribution in [3.05, 3.63) is 48.6 Å². The zero-order chi connectivity index (χ0) is 27.8. The Balaban J connectivity index is 3.46. The highest BCUT2D eigenvalue weighted by Gasteiger charge is 2.13. The summed E-state index contributed by atoms with van der Waals surface area (Å²) in [6.07, 6.45) is 38.7. The van der Waals surface area contributed by atoms with E-state index in [0.29, 0.717) is 13.0 Å². The fourth-order valence-electron chi connectivity index (χ4n) is 4.08. The Bertz CT molecular complexity index is 606. The van der Waals surface area contributed by atoms with E-state index in [-0.39, 0.29) is 19.2 Å². The Hall–Kier alpha value is -1.65. The lowest BCUT2D eigenvalue weighted by molar-refractivity contribution is -0.154. The van der Waals surface area contributed by atoms with Crippen LogP contribution < -0.4 is 0 Å². The van der Waals surface area contributed by atoms with E-state index in [1.54, 1.807) is 0 Å². The molecule has 1 N–H and O–H groups in total. The molecular weight excluding hydrogens is 472 g/mol. The number of allylic oxidation sites excluding steroid dienone is 8. The van der Waals surface area contributed by atoms with Crippen LogP contribution in [0.5, 0.6) is 0 Å². The van der Waals surface area contributed by atoms with Gasteiger partial charge in [0.1, 0.15) is 6.10 Å². The molecule has 0 heterocycles. The standard InChI is InChI=1S/C34H60O4/c1-3-5-7-9-11-12-13-14-15-16-17-18-19-20-21-22-23-24-26-28-30-37-32-33(31-35)38-34(36)29-27-25-10-8-6-4-2/h5,7,11-12,14-15,17-18,33,35H,3-4,6,8-10,13,16,19-32H2,1-2H3/b7-5-,12-11-,15-14-,18-17-. The van der Waals surface area contributed by atoms with Crippen molar-refractivity contribution < 1.29 is 19.4 Å². The van der Waals surface area contributed by atoms with Crippen LogP contribution in [-0.2, 0) is 14.3 Å². The van der Waals surface area contributed by atoms with Crippen molar-refractivity contribution in [1.82, 2.24) is 0 Å². The molecule has 4 nitrogen and oxygen atoms in total. The number of aliphatic hydroxyl groups excluding tert-OH is 1. The maximum Gasteiger partial charge on any atom is 0.306 e. The molecule has 0 saturated carbocycles. The summed E-state index contributed by atoms with van der Waals surface area (Å²) in [5.41, 5.74) is 0. The molecule has 0 saturated heterocycles. The van der Waals surface area contributed by atoms with Gasteiger partial charge in [-0.25, -0.2) is 0 Å². The molecule has 0 fully saturated rings. The van der Waals surface area contributed by atoms with Gasteiger partial charge in [0.2, 0.25) is 0 Å². The molecular formula is C34H60O4. The molecule has 0 aromatic heterocycles. The first-order chi connectivity index (χ1) is 18.7. The summed E-state index contributed by atoms with van der Waals surface area (Å²) >= 11 is 0. The fourth-order valence-corrected chi connectivity index (χ4v) is 4.08. The number of rotatable bonds is 28. The van der Waals surface area contributed by atoms with Crippen LogP contribution in [0.15, 0.2) is 48.6 Å². The minimum Gasteiger partial charge on any atom is -0.457 e. The monoisotopic (exact) mass is 532 g/mol. The molecule has 0 aliphatic heterocycles. The van der Waals surface area contributed by atoms with Crippen LogP contribution in [0.3, 0.4) is 0 Å². The summed E-state index contributed by atoms with van der Waals surface area (Å²) in [7, 11) is 0. The smallest absolute Gasteiger partial charge is 0.306 e. The average Bonchev–Trinajstić information content (AvgIpc) is 2.92. The molecule has 0 bridgehead atoms. The van der Waals surface area contributed by atoms with E-state index < -0.39 is 6.10 Å². The number of hydrogen-bond acceptors (Lipinski definition) is 4. The highest BCUT2D eigenvalue weighted by Crippen LogP contribution is 2.10. The number of carbonyl (C=O) groups excluding carboxylic acids is 1. The normalized spacial score (nSPS) is 13.0. The first kappa shape index (κ1) is 36.4. The third kappa shape index (κ3) is 28.9. The van der Waals surface area contributed by atoms with Gasteiger partial charge in [-0.1, -0.05) is 127 Å². The third-order valence-electron chi connectivity index (χ3n) is 6.42. The van der Waals surface area contributed by atoms with Crippen molar-refractivity contribution in [3.8, 4) is 0 Å². The average molecular weight is 533 g/mol. The number of aliphatic hydroxyl groups is 1. The largest absolute Gasteiger partial charge is 0.457 e. The zero-order valence-corrected chi connectivity index (χ0v) is 24.9. The van der Waals surface area contributed by atoms with E-state index in [4.69, 9.17) is 9.47 Å². The minimum atomic E-state index is -0.534. The van der Waals surface area contributed by atoms with Gasteiger partial charge in [0, 0.05) is 13.0 Å². The number of unbranched alkanes of at least 4 members (excludes halogenated alkanes) is 12. The van der Waals surface area contributed by atoms with Crippen molar-refractivity contribution in [2.24, 2.45) is 0 Å². The lowest BCUT2D eigenvalue weighted by Gasteiger charge is -2.15. The summed E-state index contributed by atoms with van der Waals surface area (Å²) in [6.45, 7) is 5.14. The van der Waals surface area contributed by atoms with Crippen molar-refractivity contribution >= 4 is 5.97 Å². The molecule has 0 aromatic carbocycles. The Morgan fingerprint density at radius 1 is 0.658 bits per heavy atom. The molecule has 0 amide bonds. The quantitative estimate of drug-likeness (QED) is 0.0619. The van der Waals surface area contributed by atoms with Gasteiger partial charge in [0.25, 0.3) is 0 Å². The molecule has 1 atom stereocenters. The number of carbonyl (C=O) groups is 1. The van der Waals surface area contributed by atoms with Crippen LogP contribution in [0.2, 0.25) is 0 Å². The van der Waals surface area contributed by atoms with Crippen LogP contribution in [0.4, 0.5) is 0 Å². The SMILES string of the molecule is CC/C=C\C/C=C\C/C=C\C/C=C\CCCCCCCCCOCC(CO)OC(=O)CCCCCCCC. The summed E-state index contributed by atoms with van der Waals surface area (Å²) in [4.78, 5) is 11.9. The van der Waals surface area contributed by atoms with Gasteiger partial charge < -0.3 is 14.6 Å². The van der Waals surface area contributed by atoms with Crippen LogP contribution >= 0.6 is 0 Å². The molecule has 0 radical (unpaired) electrons. The fraction of sp³-hybridized carbons (Fsp3) is 0.735. The summed E-state index contributed by atoms with van der Waals surface area (Å²) in [5.74, 6) is -0.217. The Morgan fingerprint density at radius 2 is 1.18 bits per heavy atom. The molecule has 0 aromatic rings. The summed E-state index contributed by atoms with van der Waals surface area (Å²) < 4.78 is 11.0. The predicted octanol–water partition coefficient (Wildman–Crippen LogP) is 9.58. The maximum atomic E-state index is 11.9. The molecule has 4 heteroatoms. The lowest BCUT2D eigenvalue weighted by atomic mass is 10.1. The van der Waals surface area contributed by atoms with Gasteiger partial charge >= 0.3 is 5.97 Å². The van der Waals surface area contributed by atoms with E-state index >= 15 is 0 Å². The molecule has 0 aliphatic rings. The zero-order valence-electron chi connectivity index (χ0n) is 24.9. The van der Waals surface area contributed by atoms with E-state index in [1.165, 1.54) is 70.6 Å². The minimum absolute atomic E-state index is 0.177. The van der Waals surface area contributed by atoms with Crippen LogP contribution in [0, 0.1) is 0 Å². The van der Waals surface area contributed by atoms with Gasteiger partial charge in [-0.05, 0) is 51.4 Å². The van der Waals surface area contributed by atoms with Crippen LogP contribution in [0.25, 0.3) is 0 Å². The van der Waals surface area contributed by atoms with Gasteiger partial charge in [0.15, 0.2) is 0 Å². The van der Waals surface area contributed by atoms with Crippen molar-refractivity contribution in [2.75, 3.05) is 19.8 Å². The Morgan fingerprint density at radius 3 is 1.79 bits per heavy atom. The molecule has 0 aliphatic carbocycles. The third-order valence-corrected chi connectivity index (χ3v) is 6.42. The molecule has 220 valence electrons. The van der Waals surface area contributed by atoms with Crippen molar-refractivity contribution in [3.63, 3.8) is 0 Å². The van der Waals surface area contributed by atoms with Gasteiger partial charge in [-0.15, -0.1) is 0 Å². The second-order valence-electron chi connectivity index (χ2n) is 10.2. The number of esters is 1. The van der Waals surface area contributed by atoms with E-state index in [0.717, 1.165) is 44.9 Å². The Labute approximate surface area is 235 Å². The van der Waals surface area contributed by atoms with Gasteiger partial charge in [0.05, 0.1) is 13.2 Å². The van der Waals surface area contributed by atoms with Crippen LogP contribution in [0.1, 0.15) is 136 Å². The van der Waals surface area contributed by atoms with Crippen LogP contribution in [-0.4, -0.2) is 37.0 Å². The lowest BCUT2D eigenvalue weighted by Crippen LogP contribution is -2.27. The highest BCUT2D eigenvalue weighted by atomic mass is 16.6. The van der Waals surface area contributed by atoms with Crippen molar-refractivity contribution in [2.45, 2.75) is 142 Å². The predicted molar refractivity (Wildman–Crippen MR) is 163 cm³/mol. The van der Waals surface area contributed by atoms with E-state index in [1.807, 2.05) is 0 Å². The molecule has 1 unspecified atom stereocenters. The maximum absolute atomic E-state index is 11.9. The van der Waals surface area contributed by atoms with Gasteiger partial charge in [-0.3, -0.25) is 4.79 Å². The Kier molecular flexibility index (Phi) is 30.2. The van der Waals surface area contributed by atoms with Gasteiger partial charge in [-0.2, -0.15) is 0 Å². The molecule has 0 spiro atoms. The summed E-state index contributed by atoms with van der Waals surface area (Å²) in [5, 5.41) is 9.45.